The Balaban J connectivity index is 2.46. The van der Waals surface area contributed by atoms with Gasteiger partial charge in [-0.25, -0.2) is 9.37 Å². The lowest BCUT2D eigenvalue weighted by atomic mass is 10.3. The molecule has 2 heterocycles. The van der Waals surface area contributed by atoms with E-state index in [0.29, 0.717) is 11.5 Å². The third-order valence-electron chi connectivity index (χ3n) is 2.35. The Morgan fingerprint density at radius 2 is 2.11 bits per heavy atom. The van der Waals surface area contributed by atoms with E-state index in [1.165, 1.54) is 16.7 Å². The van der Waals surface area contributed by atoms with Gasteiger partial charge in [-0.05, 0) is 38.1 Å². The molecular weight excluding hydrogens is 233 g/mol. The number of pyridine rings is 2. The van der Waals surface area contributed by atoms with E-state index in [1.54, 1.807) is 18.3 Å². The molecule has 0 radical (unpaired) electrons. The normalized spacial score (nSPS) is 10.7. The predicted octanol–water partition coefficient (Wildman–Crippen LogP) is 2.19. The summed E-state index contributed by atoms with van der Waals surface area (Å²) in [5.41, 5.74) is 0.295. The minimum absolute atomic E-state index is 0.162. The van der Waals surface area contributed by atoms with Gasteiger partial charge in [-0.15, -0.1) is 0 Å². The first kappa shape index (κ1) is 12.3. The molecule has 0 bridgehead atoms. The molecule has 0 saturated carbocycles. The van der Waals surface area contributed by atoms with Gasteiger partial charge < -0.3 is 5.32 Å². The second-order valence-electron chi connectivity index (χ2n) is 4.23. The van der Waals surface area contributed by atoms with Crippen LogP contribution in [0, 0.1) is 5.82 Å². The fourth-order valence-electron chi connectivity index (χ4n) is 1.61. The van der Waals surface area contributed by atoms with Crippen LogP contribution in [0.4, 0.5) is 10.1 Å². The van der Waals surface area contributed by atoms with Crippen LogP contribution in [0.1, 0.15) is 13.8 Å². The first-order valence-corrected chi connectivity index (χ1v) is 5.68. The second kappa shape index (κ2) is 5.00. The molecule has 0 aliphatic carbocycles. The number of hydrogen-bond donors (Lipinski definition) is 1. The smallest absolute Gasteiger partial charge is 0.279 e. The molecule has 18 heavy (non-hydrogen) atoms. The van der Waals surface area contributed by atoms with Crippen LogP contribution in [0.25, 0.3) is 5.82 Å². The Kier molecular flexibility index (Phi) is 3.41. The number of hydrogen-bond acceptors (Lipinski definition) is 3. The van der Waals surface area contributed by atoms with Gasteiger partial charge in [0, 0.05) is 12.2 Å². The maximum absolute atomic E-state index is 12.8. The summed E-state index contributed by atoms with van der Waals surface area (Å²) in [6.07, 6.45) is 2.69. The van der Waals surface area contributed by atoms with Crippen LogP contribution in [0.2, 0.25) is 0 Å². The van der Waals surface area contributed by atoms with Crippen molar-refractivity contribution < 1.29 is 4.39 Å². The maximum atomic E-state index is 12.8. The third-order valence-corrected chi connectivity index (χ3v) is 2.35. The Hall–Kier alpha value is -2.17. The van der Waals surface area contributed by atoms with E-state index in [9.17, 15) is 9.18 Å². The van der Waals surface area contributed by atoms with Crippen molar-refractivity contribution in [3.8, 4) is 5.82 Å². The third kappa shape index (κ3) is 2.56. The van der Waals surface area contributed by atoms with E-state index in [4.69, 9.17) is 0 Å². The zero-order valence-corrected chi connectivity index (χ0v) is 10.2. The molecule has 94 valence electrons. The lowest BCUT2D eigenvalue weighted by Crippen LogP contribution is -2.24. The minimum Gasteiger partial charge on any atom is -0.378 e. The van der Waals surface area contributed by atoms with Gasteiger partial charge in [0.05, 0.1) is 6.20 Å². The Labute approximate surface area is 104 Å². The lowest BCUT2D eigenvalue weighted by molar-refractivity contribution is 0.620. The molecule has 0 saturated heterocycles. The lowest BCUT2D eigenvalue weighted by Gasteiger charge is -2.11. The van der Waals surface area contributed by atoms with Gasteiger partial charge >= 0.3 is 0 Å². The number of anilines is 1. The van der Waals surface area contributed by atoms with Crippen LogP contribution in [-0.4, -0.2) is 15.6 Å². The number of nitrogens with zero attached hydrogens (tertiary/aromatic N) is 2. The van der Waals surface area contributed by atoms with Gasteiger partial charge in [0.2, 0.25) is 0 Å². The number of halogens is 1. The Morgan fingerprint density at radius 1 is 1.33 bits per heavy atom. The number of aromatic nitrogens is 2. The van der Waals surface area contributed by atoms with Gasteiger partial charge in [-0.3, -0.25) is 9.36 Å². The van der Waals surface area contributed by atoms with Gasteiger partial charge in [-0.1, -0.05) is 0 Å². The van der Waals surface area contributed by atoms with E-state index >= 15 is 0 Å². The Morgan fingerprint density at radius 3 is 2.72 bits per heavy atom. The van der Waals surface area contributed by atoms with Crippen molar-refractivity contribution in [1.29, 1.82) is 0 Å². The molecule has 4 nitrogen and oxygen atoms in total. The fourth-order valence-corrected chi connectivity index (χ4v) is 1.61. The first-order chi connectivity index (χ1) is 8.58. The van der Waals surface area contributed by atoms with E-state index in [0.717, 1.165) is 6.20 Å². The highest BCUT2D eigenvalue weighted by Gasteiger charge is 2.06. The summed E-state index contributed by atoms with van der Waals surface area (Å²) in [5, 5.41) is 3.06. The van der Waals surface area contributed by atoms with Crippen LogP contribution in [0.15, 0.2) is 41.5 Å². The van der Waals surface area contributed by atoms with Crippen molar-refractivity contribution >= 4 is 5.69 Å². The van der Waals surface area contributed by atoms with E-state index in [1.807, 2.05) is 13.8 Å². The van der Waals surface area contributed by atoms with Crippen molar-refractivity contribution in [2.75, 3.05) is 5.32 Å². The molecule has 1 N–H and O–H groups in total. The average molecular weight is 247 g/mol. The molecule has 5 heteroatoms. The summed E-state index contributed by atoms with van der Waals surface area (Å²) < 4.78 is 14.2. The summed E-state index contributed by atoms with van der Waals surface area (Å²) in [6, 6.07) is 6.36. The average Bonchev–Trinajstić information content (AvgIpc) is 2.33. The van der Waals surface area contributed by atoms with Crippen LogP contribution in [0.5, 0.6) is 0 Å². The zero-order chi connectivity index (χ0) is 13.1. The largest absolute Gasteiger partial charge is 0.378 e. The topological polar surface area (TPSA) is 46.9 Å². The maximum Gasteiger partial charge on any atom is 0.279 e. The summed E-state index contributed by atoms with van der Waals surface area (Å²) in [4.78, 5) is 16.0. The van der Waals surface area contributed by atoms with Crippen molar-refractivity contribution in [2.45, 2.75) is 19.9 Å². The molecule has 0 aromatic carbocycles. The molecule has 0 spiro atoms. The van der Waals surface area contributed by atoms with Crippen molar-refractivity contribution in [2.24, 2.45) is 0 Å². The summed E-state index contributed by atoms with van der Waals surface area (Å²) in [6.45, 7) is 3.90. The van der Waals surface area contributed by atoms with E-state index in [-0.39, 0.29) is 11.6 Å². The van der Waals surface area contributed by atoms with Crippen LogP contribution >= 0.6 is 0 Å². The summed E-state index contributed by atoms with van der Waals surface area (Å²) in [5.74, 6) is -0.0305. The van der Waals surface area contributed by atoms with Gasteiger partial charge in [0.1, 0.15) is 17.3 Å². The van der Waals surface area contributed by atoms with Gasteiger partial charge in [0.15, 0.2) is 0 Å². The molecule has 0 aliphatic heterocycles. The highest BCUT2D eigenvalue weighted by Crippen LogP contribution is 2.06. The SMILES string of the molecule is CC(C)Nc1cccn(-c2ccc(F)cn2)c1=O. The van der Waals surface area contributed by atoms with Gasteiger partial charge in [-0.2, -0.15) is 0 Å². The second-order valence-corrected chi connectivity index (χ2v) is 4.23. The monoisotopic (exact) mass is 247 g/mol. The molecule has 2 aromatic heterocycles. The Bertz CT molecular complexity index is 590. The molecule has 0 aliphatic rings. The highest BCUT2D eigenvalue weighted by molar-refractivity contribution is 5.43. The highest BCUT2D eigenvalue weighted by atomic mass is 19.1. The summed E-state index contributed by atoms with van der Waals surface area (Å²) in [7, 11) is 0. The predicted molar refractivity (Wildman–Crippen MR) is 68.6 cm³/mol. The molecule has 0 amide bonds. The van der Waals surface area contributed by atoms with Gasteiger partial charge in [0.25, 0.3) is 5.56 Å². The molecule has 2 rings (SSSR count). The van der Waals surface area contributed by atoms with Crippen LogP contribution < -0.4 is 10.9 Å². The molecule has 0 unspecified atom stereocenters. The first-order valence-electron chi connectivity index (χ1n) is 5.68. The quantitative estimate of drug-likeness (QED) is 0.904. The van der Waals surface area contributed by atoms with Crippen LogP contribution in [0.3, 0.4) is 0 Å². The minimum atomic E-state index is -0.428. The van der Waals surface area contributed by atoms with Crippen molar-refractivity contribution in [3.05, 3.63) is 52.8 Å². The fraction of sp³-hybridized carbons (Fsp3) is 0.231. The molecular formula is C13H14FN3O. The number of nitrogens with one attached hydrogen (secondary N) is 1. The van der Waals surface area contributed by atoms with E-state index < -0.39 is 5.82 Å². The number of rotatable bonds is 3. The van der Waals surface area contributed by atoms with Crippen molar-refractivity contribution in [1.82, 2.24) is 9.55 Å². The summed E-state index contributed by atoms with van der Waals surface area (Å²) >= 11 is 0. The van der Waals surface area contributed by atoms with Crippen molar-refractivity contribution in [3.63, 3.8) is 0 Å². The standard InChI is InChI=1S/C13H14FN3O/c1-9(2)16-11-4-3-7-17(13(11)18)12-6-5-10(14)8-15-12/h3-9,16H,1-2H3. The molecule has 0 atom stereocenters. The van der Waals surface area contributed by atoms with Crippen LogP contribution in [-0.2, 0) is 0 Å². The molecule has 2 aromatic rings. The molecule has 0 fully saturated rings. The zero-order valence-electron chi connectivity index (χ0n) is 10.2. The van der Waals surface area contributed by atoms with E-state index in [2.05, 4.69) is 10.3 Å².